The van der Waals surface area contributed by atoms with E-state index < -0.39 is 8.07 Å². The van der Waals surface area contributed by atoms with Crippen LogP contribution in [0.4, 0.5) is 0 Å². The van der Waals surface area contributed by atoms with E-state index in [9.17, 15) is 5.11 Å². The summed E-state index contributed by atoms with van der Waals surface area (Å²) >= 11 is 1.78. The van der Waals surface area contributed by atoms with E-state index in [0.29, 0.717) is 5.92 Å². The zero-order valence-corrected chi connectivity index (χ0v) is 19.7. The summed E-state index contributed by atoms with van der Waals surface area (Å²) in [4.78, 5) is 1.21. The number of aliphatic hydroxyl groups excluding tert-OH is 1. The van der Waals surface area contributed by atoms with Crippen LogP contribution in [0.5, 0.6) is 0 Å². The minimum Gasteiger partial charge on any atom is -0.393 e. The molecule has 0 fully saturated rings. The first-order chi connectivity index (χ1) is 13.3. The first-order valence-corrected chi connectivity index (χ1v) is 14.2. The minimum absolute atomic E-state index is 0.0834. The van der Waals surface area contributed by atoms with Gasteiger partial charge in [-0.1, -0.05) is 88.3 Å². The largest absolute Gasteiger partial charge is 0.393 e. The third-order valence-electron chi connectivity index (χ3n) is 5.15. The van der Waals surface area contributed by atoms with Crippen molar-refractivity contribution in [3.05, 3.63) is 60.7 Å². The van der Waals surface area contributed by atoms with Crippen molar-refractivity contribution in [1.29, 1.82) is 0 Å². The molecule has 28 heavy (non-hydrogen) atoms. The molecule has 2 rings (SSSR count). The number of thioether (sulfide) groups is 1. The zero-order valence-electron chi connectivity index (χ0n) is 17.9. The Kier molecular flexibility index (Phi) is 8.88. The van der Waals surface area contributed by atoms with Crippen molar-refractivity contribution in [2.45, 2.75) is 63.0 Å². The fraction of sp³-hybridized carbons (Fsp3) is 0.440. The van der Waals surface area contributed by atoms with Crippen molar-refractivity contribution in [3.8, 4) is 11.5 Å². The second-order valence-electron chi connectivity index (χ2n) is 8.51. The molecule has 0 aliphatic carbocycles. The second kappa shape index (κ2) is 10.9. The first kappa shape index (κ1) is 22.8. The predicted octanol–water partition coefficient (Wildman–Crippen LogP) is 5.74. The van der Waals surface area contributed by atoms with Crippen LogP contribution in [0.25, 0.3) is 0 Å². The van der Waals surface area contributed by atoms with E-state index in [1.165, 1.54) is 10.1 Å². The topological polar surface area (TPSA) is 20.2 Å². The molecule has 0 saturated heterocycles. The molecule has 0 aliphatic rings. The van der Waals surface area contributed by atoms with Crippen molar-refractivity contribution in [2.75, 3.05) is 0 Å². The Morgan fingerprint density at radius 1 is 0.893 bits per heavy atom. The summed E-state index contributed by atoms with van der Waals surface area (Å²) in [6.45, 7) is 11.2. The van der Waals surface area contributed by atoms with E-state index in [-0.39, 0.29) is 17.3 Å². The van der Waals surface area contributed by atoms with Crippen molar-refractivity contribution in [1.82, 2.24) is 0 Å². The molecular formula is C25H34OSSi. The van der Waals surface area contributed by atoms with Crippen molar-refractivity contribution in [3.63, 3.8) is 0 Å². The smallest absolute Gasteiger partial charge is 0.162 e. The summed E-state index contributed by atoms with van der Waals surface area (Å²) in [5.74, 6) is 4.32. The van der Waals surface area contributed by atoms with Crippen LogP contribution in [0.3, 0.4) is 0 Å². The second-order valence-corrected chi connectivity index (χ2v) is 13.8. The number of hydrogen-bond acceptors (Lipinski definition) is 2. The van der Waals surface area contributed by atoms with Gasteiger partial charge in [0.15, 0.2) is 8.07 Å². The highest BCUT2D eigenvalue weighted by atomic mass is 32.2. The van der Waals surface area contributed by atoms with Crippen LogP contribution in [0, 0.1) is 23.3 Å². The van der Waals surface area contributed by atoms with Gasteiger partial charge in [0.2, 0.25) is 0 Å². The molecule has 3 heteroatoms. The molecule has 0 aliphatic heterocycles. The van der Waals surface area contributed by atoms with E-state index in [1.807, 2.05) is 6.07 Å². The van der Waals surface area contributed by atoms with Gasteiger partial charge < -0.3 is 5.11 Å². The number of hydrogen-bond donors (Lipinski definition) is 1. The molecule has 1 nitrogen and oxygen atoms in total. The monoisotopic (exact) mass is 410 g/mol. The minimum atomic E-state index is -1.83. The lowest BCUT2D eigenvalue weighted by Crippen LogP contribution is -2.40. The van der Waals surface area contributed by atoms with Crippen molar-refractivity contribution in [2.24, 2.45) is 11.8 Å². The van der Waals surface area contributed by atoms with Crippen molar-refractivity contribution < 1.29 is 5.11 Å². The van der Waals surface area contributed by atoms with Gasteiger partial charge in [0.1, 0.15) is 0 Å². The SMILES string of the molecule is CC(C)CCC(O)C(C)C(C#C[Si](C)(C)c1ccccc1)Sc1ccccc1. The molecule has 0 radical (unpaired) electrons. The van der Waals surface area contributed by atoms with Gasteiger partial charge in [-0.3, -0.25) is 0 Å². The third-order valence-corrected chi connectivity index (χ3v) is 9.04. The highest BCUT2D eigenvalue weighted by Gasteiger charge is 2.26. The molecule has 0 spiro atoms. The molecule has 2 aromatic rings. The fourth-order valence-corrected chi connectivity index (χ4v) is 5.97. The summed E-state index contributed by atoms with van der Waals surface area (Å²) in [6, 6.07) is 21.1. The molecule has 1 N–H and O–H groups in total. The van der Waals surface area contributed by atoms with E-state index in [4.69, 9.17) is 0 Å². The Bertz CT molecular complexity index is 761. The molecule has 150 valence electrons. The highest BCUT2D eigenvalue weighted by molar-refractivity contribution is 8.00. The summed E-state index contributed by atoms with van der Waals surface area (Å²) in [5, 5.41) is 12.2. The quantitative estimate of drug-likeness (QED) is 0.340. The fourth-order valence-electron chi connectivity index (χ4n) is 3.06. The predicted molar refractivity (Wildman–Crippen MR) is 127 cm³/mol. The van der Waals surface area contributed by atoms with E-state index >= 15 is 0 Å². The summed E-state index contributed by atoms with van der Waals surface area (Å²) < 4.78 is 0. The Labute approximate surface area is 177 Å². The molecule has 3 atom stereocenters. The third kappa shape index (κ3) is 7.17. The van der Waals surface area contributed by atoms with Crippen LogP contribution in [0.1, 0.15) is 33.6 Å². The molecule has 2 aromatic carbocycles. The summed E-state index contributed by atoms with van der Waals surface area (Å²) in [5.41, 5.74) is 3.65. The van der Waals surface area contributed by atoms with Crippen molar-refractivity contribution >= 4 is 25.0 Å². The Morgan fingerprint density at radius 2 is 1.46 bits per heavy atom. The zero-order chi connectivity index (χ0) is 20.6. The van der Waals surface area contributed by atoms with Gasteiger partial charge in [-0.25, -0.2) is 0 Å². The van der Waals surface area contributed by atoms with Gasteiger partial charge in [0, 0.05) is 10.8 Å². The van der Waals surface area contributed by atoms with Gasteiger partial charge in [0.25, 0.3) is 0 Å². The average Bonchev–Trinajstić information content (AvgIpc) is 2.70. The normalized spacial score (nSPS) is 14.8. The molecule has 0 heterocycles. The average molecular weight is 411 g/mol. The maximum absolute atomic E-state index is 10.8. The Morgan fingerprint density at radius 3 is 2.04 bits per heavy atom. The summed E-state index contributed by atoms with van der Waals surface area (Å²) in [6.07, 6.45) is 1.57. The molecule has 0 amide bonds. The maximum Gasteiger partial charge on any atom is 0.162 e. The van der Waals surface area contributed by atoms with E-state index in [0.717, 1.165) is 12.8 Å². The van der Waals surface area contributed by atoms with Crippen LogP contribution in [-0.4, -0.2) is 24.5 Å². The van der Waals surface area contributed by atoms with E-state index in [1.54, 1.807) is 11.8 Å². The number of aliphatic hydroxyl groups is 1. The van der Waals surface area contributed by atoms with Gasteiger partial charge in [-0.05, 0) is 36.1 Å². The molecular weight excluding hydrogens is 376 g/mol. The van der Waals surface area contributed by atoms with Gasteiger partial charge in [-0.15, -0.1) is 17.3 Å². The van der Waals surface area contributed by atoms with Crippen LogP contribution in [0.2, 0.25) is 13.1 Å². The lowest BCUT2D eigenvalue weighted by molar-refractivity contribution is 0.106. The lowest BCUT2D eigenvalue weighted by atomic mass is 9.94. The Balaban J connectivity index is 2.23. The van der Waals surface area contributed by atoms with Crippen LogP contribution < -0.4 is 5.19 Å². The summed E-state index contributed by atoms with van der Waals surface area (Å²) in [7, 11) is -1.83. The van der Waals surface area contributed by atoms with Gasteiger partial charge in [-0.2, -0.15) is 0 Å². The molecule has 0 bridgehead atoms. The van der Waals surface area contributed by atoms with Crippen LogP contribution >= 0.6 is 11.8 Å². The maximum atomic E-state index is 10.8. The molecule has 0 saturated carbocycles. The number of benzene rings is 2. The van der Waals surface area contributed by atoms with Gasteiger partial charge >= 0.3 is 0 Å². The standard InChI is InChI=1S/C25H34OSSi/c1-20(2)16-17-24(26)21(3)25(27-22-12-8-6-9-13-22)18-19-28(4,5)23-14-10-7-11-15-23/h6-15,20-21,24-26H,16-17H2,1-5H3. The lowest BCUT2D eigenvalue weighted by Gasteiger charge is -2.25. The highest BCUT2D eigenvalue weighted by Crippen LogP contribution is 2.31. The van der Waals surface area contributed by atoms with Gasteiger partial charge in [0.05, 0.1) is 11.4 Å². The van der Waals surface area contributed by atoms with E-state index in [2.05, 4.69) is 99.9 Å². The molecule has 3 unspecified atom stereocenters. The molecule has 0 aromatic heterocycles. The Hall–Kier alpha value is -1.47. The first-order valence-electron chi connectivity index (χ1n) is 10.3. The van der Waals surface area contributed by atoms with Crippen LogP contribution in [-0.2, 0) is 0 Å². The number of rotatable bonds is 8. The van der Waals surface area contributed by atoms with Crippen LogP contribution in [0.15, 0.2) is 65.6 Å².